The molecule has 0 spiro atoms. The van der Waals surface area contributed by atoms with Crippen LogP contribution in [0.4, 0.5) is 9.52 Å². The van der Waals surface area contributed by atoms with Crippen molar-refractivity contribution in [3.8, 4) is 5.75 Å². The van der Waals surface area contributed by atoms with Gasteiger partial charge in [0.25, 0.3) is 11.8 Å². The third kappa shape index (κ3) is 9.21. The average molecular weight is 988 g/mol. The lowest BCUT2D eigenvalue weighted by Crippen LogP contribution is -2.78. The van der Waals surface area contributed by atoms with Crippen LogP contribution in [0.5, 0.6) is 5.75 Å². The van der Waals surface area contributed by atoms with Crippen LogP contribution in [0.2, 0.25) is 0 Å². The van der Waals surface area contributed by atoms with E-state index in [2.05, 4.69) is 15.8 Å². The number of fused-ring (bicyclic) bond motifs is 2. The summed E-state index contributed by atoms with van der Waals surface area (Å²) in [4.78, 5) is 66.7. The molecule has 68 heavy (non-hydrogen) atoms. The lowest BCUT2D eigenvalue weighted by atomic mass is 9.77. The normalized spacial score (nSPS) is 19.1. The van der Waals surface area contributed by atoms with Crippen molar-refractivity contribution in [3.63, 3.8) is 0 Å². The highest BCUT2D eigenvalue weighted by molar-refractivity contribution is 8.01. The van der Waals surface area contributed by atoms with Gasteiger partial charge in [-0.3, -0.25) is 24.1 Å². The third-order valence-electron chi connectivity index (χ3n) is 11.8. The van der Waals surface area contributed by atoms with E-state index in [1.54, 1.807) is 36.8 Å². The van der Waals surface area contributed by atoms with Crippen LogP contribution in [-0.4, -0.2) is 81.6 Å². The molecule has 2 aliphatic heterocycles. The number of anilines is 1. The van der Waals surface area contributed by atoms with Crippen molar-refractivity contribution in [2.75, 3.05) is 37.6 Å². The number of amides is 2. The third-order valence-corrected chi connectivity index (χ3v) is 17.0. The Bertz CT molecular complexity index is 2960. The van der Waals surface area contributed by atoms with Gasteiger partial charge in [0, 0.05) is 33.8 Å². The second kappa shape index (κ2) is 20.0. The minimum Gasteiger partial charge on any atom is -0.615 e. The molecule has 0 radical (unpaired) electrons. The van der Waals surface area contributed by atoms with Crippen molar-refractivity contribution in [2.24, 2.45) is 10.6 Å². The Morgan fingerprint density at radius 2 is 1.57 bits per heavy atom. The maximum Gasteiger partial charge on any atom is 0.319 e. The zero-order valence-corrected chi connectivity index (χ0v) is 39.7. The molecule has 5 aromatic carbocycles. The Balaban J connectivity index is 0.949. The molecule has 2 aromatic heterocycles. The van der Waals surface area contributed by atoms with E-state index in [0.717, 1.165) is 28.5 Å². The summed E-state index contributed by atoms with van der Waals surface area (Å²) in [5.41, 5.74) is 0.759. The number of thioether (sulfide) groups is 1. The average Bonchev–Trinajstić information content (AvgIpc) is 3.83. The number of methoxy groups -OCH3 is 1. The van der Waals surface area contributed by atoms with Crippen LogP contribution in [0.15, 0.2) is 159 Å². The van der Waals surface area contributed by atoms with E-state index in [1.165, 1.54) is 58.9 Å². The van der Waals surface area contributed by atoms with Gasteiger partial charge in [0.2, 0.25) is 5.37 Å². The van der Waals surface area contributed by atoms with Gasteiger partial charge >= 0.3 is 5.97 Å². The highest BCUT2D eigenvalue weighted by Gasteiger charge is 2.64. The number of rotatable bonds is 16. The van der Waals surface area contributed by atoms with E-state index >= 15 is 0 Å². The SMILES string of the molecule is CON=C(C(=O)NC1C(=O)N2CC(CSc3cc(=O)c4ccc(F)cc4s3)(C(=O)OCc3ccc(OC)cc3)C[S+]([O-])[C@H]12)c1csc(NC(c2ccccc2)(c2ccccc2)c2ccccc2)n1. The summed E-state index contributed by atoms with van der Waals surface area (Å²) in [7, 11) is 2.83. The zero-order valence-electron chi connectivity index (χ0n) is 36.5. The molecule has 2 aliphatic rings. The molecule has 2 fully saturated rings. The molecule has 2 amide bonds. The number of aromatic nitrogens is 1. The van der Waals surface area contributed by atoms with Crippen LogP contribution in [0.25, 0.3) is 10.1 Å². The van der Waals surface area contributed by atoms with Crippen molar-refractivity contribution >= 4 is 84.3 Å². The fourth-order valence-electron chi connectivity index (χ4n) is 8.42. The van der Waals surface area contributed by atoms with Gasteiger partial charge in [-0.05, 0) is 63.8 Å². The molecule has 4 atom stereocenters. The monoisotopic (exact) mass is 987 g/mol. The minimum absolute atomic E-state index is 0.0184. The lowest BCUT2D eigenvalue weighted by Gasteiger charge is -2.53. The molecule has 0 aliphatic carbocycles. The number of nitrogens with one attached hydrogen (secondary N) is 2. The first-order valence-corrected chi connectivity index (χ1v) is 25.2. The maximum absolute atomic E-state index is 14.4. The number of carbonyl (C=O) groups is 3. The van der Waals surface area contributed by atoms with E-state index in [-0.39, 0.29) is 41.5 Å². The van der Waals surface area contributed by atoms with Crippen LogP contribution in [-0.2, 0) is 47.3 Å². The molecule has 3 unspecified atom stereocenters. The number of hydrogen-bond donors (Lipinski definition) is 2. The predicted octanol–water partition coefficient (Wildman–Crippen LogP) is 7.56. The van der Waals surface area contributed by atoms with Gasteiger partial charge in [-0.25, -0.2) is 9.37 Å². The van der Waals surface area contributed by atoms with Gasteiger partial charge < -0.3 is 29.5 Å². The molecule has 7 aromatic rings. The fourth-order valence-corrected chi connectivity index (χ4v) is 13.7. The summed E-state index contributed by atoms with van der Waals surface area (Å²) >= 11 is 1.71. The largest absolute Gasteiger partial charge is 0.615 e. The van der Waals surface area contributed by atoms with Crippen molar-refractivity contribution < 1.29 is 37.6 Å². The van der Waals surface area contributed by atoms with E-state index in [1.807, 2.05) is 91.0 Å². The molecule has 346 valence electrons. The van der Waals surface area contributed by atoms with Gasteiger partial charge in [0.1, 0.15) is 47.7 Å². The first kappa shape index (κ1) is 46.5. The van der Waals surface area contributed by atoms with Crippen molar-refractivity contribution in [3.05, 3.63) is 189 Å². The van der Waals surface area contributed by atoms with Crippen LogP contribution < -0.4 is 20.8 Å². The molecule has 2 N–H and O–H groups in total. The van der Waals surface area contributed by atoms with Crippen molar-refractivity contribution in [1.82, 2.24) is 15.2 Å². The van der Waals surface area contributed by atoms with Crippen LogP contribution in [0, 0.1) is 11.2 Å². The Morgan fingerprint density at radius 3 is 2.19 bits per heavy atom. The number of hydrogen-bond acceptors (Lipinski definition) is 14. The quantitative estimate of drug-likeness (QED) is 0.0186. The molecule has 0 bridgehead atoms. The molecule has 13 nitrogen and oxygen atoms in total. The Labute approximate surface area is 405 Å². The fraction of sp³-hybridized carbons (Fsp3) is 0.200. The standard InChI is InChI=1S/C50H42FN5O8S4/c1-62-36-21-18-31(19-22-36)26-64-47(60)49(29-66-41-25-39(57)37-23-20-35(51)24-40(37)67-41)28-56-45(59)43(46(56)68(61)30-49)53-44(58)42(55-63-2)38-27-65-48(52-38)54-50(32-12-6-3-7-13-32,33-14-8-4-9-15-33)34-16-10-5-11-17-34/h3-25,27,43,46H,26,28-30H2,1-2H3,(H,52,54)(H,53,58)/t43?,46-,49?,68?/m1/s1. The van der Waals surface area contributed by atoms with Crippen LogP contribution >= 0.6 is 34.4 Å². The Kier molecular flexibility index (Phi) is 13.7. The van der Waals surface area contributed by atoms with Gasteiger partial charge in [-0.2, -0.15) is 0 Å². The first-order chi connectivity index (χ1) is 33.0. The number of carbonyl (C=O) groups excluding carboxylic acids is 3. The zero-order chi connectivity index (χ0) is 47.4. The van der Waals surface area contributed by atoms with Crippen molar-refractivity contribution in [2.45, 2.75) is 27.8 Å². The molecular formula is C50H42FN5O8S4. The lowest BCUT2D eigenvalue weighted by molar-refractivity contribution is -0.162. The summed E-state index contributed by atoms with van der Waals surface area (Å²) in [6.07, 6.45) is 0. The van der Waals surface area contributed by atoms with Crippen molar-refractivity contribution in [1.29, 1.82) is 0 Å². The number of ether oxygens (including phenoxy) is 2. The van der Waals surface area contributed by atoms with Gasteiger partial charge in [0.05, 0.1) is 11.3 Å². The Hall–Kier alpha value is -6.57. The number of halogens is 1. The highest BCUT2D eigenvalue weighted by Crippen LogP contribution is 2.44. The Morgan fingerprint density at radius 1 is 0.926 bits per heavy atom. The van der Waals surface area contributed by atoms with Crippen LogP contribution in [0.3, 0.4) is 0 Å². The minimum atomic E-state index is -1.89. The smallest absolute Gasteiger partial charge is 0.319 e. The summed E-state index contributed by atoms with van der Waals surface area (Å²) in [6, 6.07) is 41.0. The molecule has 0 saturated carbocycles. The summed E-state index contributed by atoms with van der Waals surface area (Å²) in [5, 5.41) is 11.9. The molecule has 9 rings (SSSR count). The van der Waals surface area contributed by atoms with E-state index < -0.39 is 57.1 Å². The number of β-lactam (4-membered cyclic amide) rings is 1. The number of nitrogens with zero attached hydrogens (tertiary/aromatic N) is 3. The topological polar surface area (TPSA) is 172 Å². The van der Waals surface area contributed by atoms with Gasteiger partial charge in [-0.1, -0.05) is 108 Å². The second-order valence-electron chi connectivity index (χ2n) is 16.0. The van der Waals surface area contributed by atoms with E-state index in [9.17, 15) is 28.1 Å². The summed E-state index contributed by atoms with van der Waals surface area (Å²) in [6.45, 7) is -0.284. The number of benzene rings is 5. The number of oxime groups is 1. The van der Waals surface area contributed by atoms with Gasteiger partial charge in [0.15, 0.2) is 22.3 Å². The molecule has 4 heterocycles. The maximum atomic E-state index is 14.4. The van der Waals surface area contributed by atoms with Gasteiger partial charge in [-0.15, -0.1) is 34.4 Å². The molecule has 2 saturated heterocycles. The summed E-state index contributed by atoms with van der Waals surface area (Å²) < 4.78 is 40.6. The second-order valence-corrected chi connectivity index (χ2v) is 20.8. The number of thiazole rings is 1. The van der Waals surface area contributed by atoms with E-state index in [0.29, 0.717) is 30.7 Å². The molecule has 18 heteroatoms. The first-order valence-electron chi connectivity index (χ1n) is 21.2. The summed E-state index contributed by atoms with van der Waals surface area (Å²) in [5.74, 6) is -2.15. The predicted molar refractivity (Wildman–Crippen MR) is 263 cm³/mol. The number of esters is 1. The molecular weight excluding hydrogens is 946 g/mol. The van der Waals surface area contributed by atoms with E-state index in [4.69, 9.17) is 19.3 Å². The highest BCUT2D eigenvalue weighted by atomic mass is 32.2. The van der Waals surface area contributed by atoms with Crippen LogP contribution in [0.1, 0.15) is 27.9 Å².